The van der Waals surface area contributed by atoms with Gasteiger partial charge in [-0.25, -0.2) is 4.79 Å². The molecule has 0 radical (unpaired) electrons. The molecule has 0 aliphatic carbocycles. The number of Topliss-reactive ketones (excluding diaryl/α,β-unsaturated/α-hetero) is 1. The van der Waals surface area contributed by atoms with Gasteiger partial charge in [0.1, 0.15) is 11.4 Å². The van der Waals surface area contributed by atoms with Gasteiger partial charge in [0.15, 0.2) is 5.78 Å². The van der Waals surface area contributed by atoms with Gasteiger partial charge in [-0.2, -0.15) is 0 Å². The van der Waals surface area contributed by atoms with Gasteiger partial charge in [0.2, 0.25) is 0 Å². The van der Waals surface area contributed by atoms with Crippen molar-refractivity contribution in [3.05, 3.63) is 82.4 Å². The van der Waals surface area contributed by atoms with Crippen LogP contribution in [0.3, 0.4) is 0 Å². The fraction of sp³-hybridized carbons (Fsp3) is 0.308. The first-order chi connectivity index (χ1) is 16.3. The lowest BCUT2D eigenvalue weighted by atomic mass is 10.0. The van der Waals surface area contributed by atoms with Gasteiger partial charge in [-0.05, 0) is 56.2 Å². The molecule has 1 amide bonds. The van der Waals surface area contributed by atoms with Crippen LogP contribution in [0.5, 0.6) is 5.75 Å². The first-order valence-corrected chi connectivity index (χ1v) is 11.0. The van der Waals surface area contributed by atoms with Crippen molar-refractivity contribution in [1.29, 1.82) is 0 Å². The molecule has 0 saturated carbocycles. The van der Waals surface area contributed by atoms with E-state index in [9.17, 15) is 14.4 Å². The Kier molecular flexibility index (Phi) is 7.83. The average Bonchev–Trinajstić information content (AvgIpc) is 3.12. The van der Waals surface area contributed by atoms with Crippen molar-refractivity contribution in [2.75, 3.05) is 20.8 Å². The van der Waals surface area contributed by atoms with Crippen LogP contribution in [-0.4, -0.2) is 52.9 Å². The minimum atomic E-state index is -0.499. The smallest absolute Gasteiger partial charge is 0.354 e. The third-order valence-electron chi connectivity index (χ3n) is 5.78. The topological polar surface area (TPSA) is 90.7 Å². The maximum absolute atomic E-state index is 13.5. The number of esters is 1. The van der Waals surface area contributed by atoms with Gasteiger partial charge in [-0.3, -0.25) is 14.6 Å². The van der Waals surface area contributed by atoms with E-state index in [2.05, 4.69) is 4.98 Å². The van der Waals surface area contributed by atoms with Crippen LogP contribution in [0, 0.1) is 13.8 Å². The number of amides is 1. The maximum atomic E-state index is 13.5. The summed E-state index contributed by atoms with van der Waals surface area (Å²) in [5.74, 6) is -0.517. The van der Waals surface area contributed by atoms with E-state index in [4.69, 9.17) is 9.47 Å². The van der Waals surface area contributed by atoms with Gasteiger partial charge in [-0.15, -0.1) is 0 Å². The molecule has 34 heavy (non-hydrogen) atoms. The van der Waals surface area contributed by atoms with Gasteiger partial charge in [0.05, 0.1) is 20.8 Å². The number of hydrogen-bond donors (Lipinski definition) is 0. The molecular weight excluding hydrogens is 434 g/mol. The highest BCUT2D eigenvalue weighted by Gasteiger charge is 2.28. The Morgan fingerprint density at radius 3 is 2.47 bits per heavy atom. The Hall–Kier alpha value is -3.94. The number of carbonyl (C=O) groups is 3. The minimum absolute atomic E-state index is 0.166. The summed E-state index contributed by atoms with van der Waals surface area (Å²) in [7, 11) is 2.84. The number of methoxy groups -OCH3 is 2. The quantitative estimate of drug-likeness (QED) is 0.354. The second-order valence-electron chi connectivity index (χ2n) is 7.85. The van der Waals surface area contributed by atoms with Crippen LogP contribution in [0.1, 0.15) is 54.9 Å². The molecule has 0 N–H and O–H groups in total. The molecule has 3 rings (SSSR count). The van der Waals surface area contributed by atoms with Crippen LogP contribution in [0.2, 0.25) is 0 Å². The summed E-state index contributed by atoms with van der Waals surface area (Å²) < 4.78 is 12.0. The molecule has 3 aromatic rings. The summed E-state index contributed by atoms with van der Waals surface area (Å²) >= 11 is 0. The number of pyridine rings is 1. The predicted octanol–water partition coefficient (Wildman–Crippen LogP) is 3.84. The Bertz CT molecular complexity index is 1200. The Morgan fingerprint density at radius 1 is 1.09 bits per heavy atom. The Morgan fingerprint density at radius 2 is 1.85 bits per heavy atom. The molecule has 0 bridgehead atoms. The van der Waals surface area contributed by atoms with Crippen molar-refractivity contribution < 1.29 is 23.9 Å². The zero-order chi connectivity index (χ0) is 24.8. The zero-order valence-corrected chi connectivity index (χ0v) is 20.1. The molecule has 0 aliphatic heterocycles. The van der Waals surface area contributed by atoms with Crippen molar-refractivity contribution in [2.45, 2.75) is 33.9 Å². The fourth-order valence-corrected chi connectivity index (χ4v) is 4.16. The van der Waals surface area contributed by atoms with Crippen molar-refractivity contribution in [1.82, 2.24) is 14.5 Å². The average molecular weight is 464 g/mol. The lowest BCUT2D eigenvalue weighted by Gasteiger charge is -2.23. The number of aromatic nitrogens is 2. The van der Waals surface area contributed by atoms with E-state index in [1.54, 1.807) is 61.1 Å². The standard InChI is InChI=1S/C26H29N3O5/c1-6-29-18(3)23(17(2)24(29)26(32)34-5)22(30)16-28(15-19-9-8-12-27-14-19)25(31)20-10-7-11-21(13-20)33-4/h7-14H,6,15-16H2,1-5H3. The number of hydrogen-bond acceptors (Lipinski definition) is 6. The maximum Gasteiger partial charge on any atom is 0.354 e. The van der Waals surface area contributed by atoms with Crippen LogP contribution in [0.4, 0.5) is 0 Å². The van der Waals surface area contributed by atoms with Crippen molar-refractivity contribution >= 4 is 17.7 Å². The van der Waals surface area contributed by atoms with Gasteiger partial charge in [-0.1, -0.05) is 12.1 Å². The van der Waals surface area contributed by atoms with Crippen LogP contribution < -0.4 is 4.74 Å². The highest BCUT2D eigenvalue weighted by molar-refractivity contribution is 6.06. The molecule has 2 aromatic heterocycles. The molecule has 0 fully saturated rings. The number of ether oxygens (including phenoxy) is 2. The van der Waals surface area contributed by atoms with E-state index in [-0.39, 0.29) is 24.8 Å². The van der Waals surface area contributed by atoms with Gasteiger partial charge in [0, 0.05) is 42.3 Å². The highest BCUT2D eigenvalue weighted by atomic mass is 16.5. The Balaban J connectivity index is 1.99. The van der Waals surface area contributed by atoms with Gasteiger partial charge < -0.3 is 18.9 Å². The predicted molar refractivity (Wildman–Crippen MR) is 127 cm³/mol. The second kappa shape index (κ2) is 10.8. The molecular formula is C26H29N3O5. The molecule has 0 atom stereocenters. The molecule has 0 spiro atoms. The first-order valence-electron chi connectivity index (χ1n) is 11.0. The SMILES string of the molecule is CCn1c(C)c(C(=O)CN(Cc2cccnc2)C(=O)c2cccc(OC)c2)c(C)c1C(=O)OC. The fourth-order valence-electron chi connectivity index (χ4n) is 4.16. The van der Waals surface area contributed by atoms with Crippen molar-refractivity contribution in [3.63, 3.8) is 0 Å². The number of rotatable bonds is 9. The Labute approximate surface area is 199 Å². The van der Waals surface area contributed by atoms with Crippen molar-refractivity contribution in [2.24, 2.45) is 0 Å². The summed E-state index contributed by atoms with van der Waals surface area (Å²) in [5, 5.41) is 0. The van der Waals surface area contributed by atoms with E-state index in [1.807, 2.05) is 13.0 Å². The highest BCUT2D eigenvalue weighted by Crippen LogP contribution is 2.25. The largest absolute Gasteiger partial charge is 0.497 e. The van der Waals surface area contributed by atoms with Crippen molar-refractivity contribution in [3.8, 4) is 5.75 Å². The zero-order valence-electron chi connectivity index (χ0n) is 20.1. The molecule has 8 nitrogen and oxygen atoms in total. The van der Waals surface area contributed by atoms with Crippen LogP contribution in [-0.2, 0) is 17.8 Å². The molecule has 0 saturated heterocycles. The van der Waals surface area contributed by atoms with E-state index >= 15 is 0 Å². The summed E-state index contributed by atoms with van der Waals surface area (Å²) in [6.07, 6.45) is 3.31. The van der Waals surface area contributed by atoms with E-state index in [1.165, 1.54) is 19.1 Å². The molecule has 8 heteroatoms. The lowest BCUT2D eigenvalue weighted by Crippen LogP contribution is -2.35. The second-order valence-corrected chi connectivity index (χ2v) is 7.85. The minimum Gasteiger partial charge on any atom is -0.497 e. The number of benzene rings is 1. The number of carbonyl (C=O) groups excluding carboxylic acids is 3. The number of nitrogens with zero attached hydrogens (tertiary/aromatic N) is 3. The summed E-state index contributed by atoms with van der Waals surface area (Å²) in [4.78, 5) is 45.0. The van der Waals surface area contributed by atoms with Crippen LogP contribution >= 0.6 is 0 Å². The third kappa shape index (κ3) is 5.01. The van der Waals surface area contributed by atoms with Gasteiger partial charge in [0.25, 0.3) is 5.91 Å². The molecule has 0 unspecified atom stereocenters. The summed E-state index contributed by atoms with van der Waals surface area (Å²) in [6, 6.07) is 10.4. The molecule has 2 heterocycles. The third-order valence-corrected chi connectivity index (χ3v) is 5.78. The summed E-state index contributed by atoms with van der Waals surface area (Å²) in [6.45, 7) is 5.97. The molecule has 0 aliphatic rings. The van der Waals surface area contributed by atoms with E-state index in [0.29, 0.717) is 40.4 Å². The molecule has 178 valence electrons. The first kappa shape index (κ1) is 24.7. The monoisotopic (exact) mass is 463 g/mol. The van der Waals surface area contributed by atoms with Crippen LogP contribution in [0.25, 0.3) is 0 Å². The van der Waals surface area contributed by atoms with Crippen LogP contribution in [0.15, 0.2) is 48.8 Å². The lowest BCUT2D eigenvalue weighted by molar-refractivity contribution is 0.0587. The number of ketones is 1. The van der Waals surface area contributed by atoms with E-state index in [0.717, 1.165) is 5.56 Å². The normalized spacial score (nSPS) is 10.6. The van der Waals surface area contributed by atoms with E-state index < -0.39 is 5.97 Å². The summed E-state index contributed by atoms with van der Waals surface area (Å²) in [5.41, 5.74) is 3.19. The molecule has 1 aromatic carbocycles. The van der Waals surface area contributed by atoms with Gasteiger partial charge >= 0.3 is 5.97 Å².